The van der Waals surface area contributed by atoms with E-state index in [0.29, 0.717) is 10.8 Å². The Balaban J connectivity index is 2.31. The molecule has 0 aliphatic heterocycles. The zero-order valence-electron chi connectivity index (χ0n) is 8.91. The molecule has 0 spiro atoms. The van der Waals surface area contributed by atoms with Gasteiger partial charge in [-0.15, -0.1) is 22.9 Å². The molecule has 1 nitrogen and oxygen atoms in total. The second-order valence-corrected chi connectivity index (χ2v) is 5.99. The van der Waals surface area contributed by atoms with Crippen molar-refractivity contribution in [2.45, 2.75) is 5.38 Å². The first-order chi connectivity index (χ1) is 8.11. The van der Waals surface area contributed by atoms with E-state index in [9.17, 15) is 0 Å². The van der Waals surface area contributed by atoms with Crippen molar-refractivity contribution in [3.05, 3.63) is 50.1 Å². The van der Waals surface area contributed by atoms with Crippen LogP contribution < -0.4 is 4.74 Å². The van der Waals surface area contributed by atoms with Gasteiger partial charge in [-0.2, -0.15) is 0 Å². The van der Waals surface area contributed by atoms with Crippen molar-refractivity contribution in [3.63, 3.8) is 0 Å². The van der Waals surface area contributed by atoms with Crippen molar-refractivity contribution in [1.29, 1.82) is 0 Å². The average Bonchev–Trinajstić information content (AvgIpc) is 2.75. The van der Waals surface area contributed by atoms with Gasteiger partial charge in [-0.25, -0.2) is 0 Å². The highest BCUT2D eigenvalue weighted by molar-refractivity contribution is 7.16. The molecule has 1 aromatic carbocycles. The lowest BCUT2D eigenvalue weighted by Crippen LogP contribution is -1.91. The normalized spacial score (nSPS) is 12.5. The summed E-state index contributed by atoms with van der Waals surface area (Å²) in [6.07, 6.45) is 0. The second-order valence-electron chi connectivity index (χ2n) is 3.40. The summed E-state index contributed by atoms with van der Waals surface area (Å²) in [6, 6.07) is 9.27. The van der Waals surface area contributed by atoms with E-state index in [2.05, 4.69) is 0 Å². The van der Waals surface area contributed by atoms with Crippen molar-refractivity contribution in [1.82, 2.24) is 0 Å². The van der Waals surface area contributed by atoms with Crippen LogP contribution in [-0.2, 0) is 0 Å². The third kappa shape index (κ3) is 2.89. The number of methoxy groups -OCH3 is 1. The lowest BCUT2D eigenvalue weighted by Gasteiger charge is -2.10. The fraction of sp³-hybridized carbons (Fsp3) is 0.167. The Morgan fingerprint density at radius 1 is 1.18 bits per heavy atom. The number of hydrogen-bond donors (Lipinski definition) is 0. The van der Waals surface area contributed by atoms with E-state index in [4.69, 9.17) is 39.5 Å². The van der Waals surface area contributed by atoms with E-state index in [-0.39, 0.29) is 5.38 Å². The summed E-state index contributed by atoms with van der Waals surface area (Å²) in [6.45, 7) is 0. The maximum absolute atomic E-state index is 6.36. The van der Waals surface area contributed by atoms with Crippen molar-refractivity contribution >= 4 is 46.1 Å². The van der Waals surface area contributed by atoms with Crippen LogP contribution in [0.15, 0.2) is 30.3 Å². The van der Waals surface area contributed by atoms with Crippen LogP contribution in [0.4, 0.5) is 0 Å². The van der Waals surface area contributed by atoms with Crippen LogP contribution in [0.25, 0.3) is 0 Å². The van der Waals surface area contributed by atoms with E-state index >= 15 is 0 Å². The molecule has 2 rings (SSSR count). The summed E-state index contributed by atoms with van der Waals surface area (Å²) >= 11 is 19.8. The van der Waals surface area contributed by atoms with Gasteiger partial charge in [0.05, 0.1) is 21.8 Å². The SMILES string of the molecule is COc1ccc(C(Cl)c2ccc(Cl)s2)cc1Cl. The van der Waals surface area contributed by atoms with E-state index in [0.717, 1.165) is 14.8 Å². The number of thiophene rings is 1. The molecule has 2 aromatic rings. The van der Waals surface area contributed by atoms with Gasteiger partial charge >= 0.3 is 0 Å². The van der Waals surface area contributed by atoms with Crippen LogP contribution in [0.5, 0.6) is 5.75 Å². The van der Waals surface area contributed by atoms with Crippen LogP contribution >= 0.6 is 46.1 Å². The van der Waals surface area contributed by atoms with Crippen LogP contribution in [0.3, 0.4) is 0 Å². The van der Waals surface area contributed by atoms with E-state index in [1.807, 2.05) is 30.3 Å². The minimum absolute atomic E-state index is 0.240. The molecular weight excluding hydrogens is 299 g/mol. The fourth-order valence-corrected chi connectivity index (χ4v) is 3.14. The monoisotopic (exact) mass is 306 g/mol. The largest absolute Gasteiger partial charge is 0.495 e. The van der Waals surface area contributed by atoms with Gasteiger partial charge in [0.25, 0.3) is 0 Å². The van der Waals surface area contributed by atoms with Crippen molar-refractivity contribution in [3.8, 4) is 5.75 Å². The summed E-state index contributed by atoms with van der Waals surface area (Å²) in [7, 11) is 1.58. The molecule has 0 aliphatic carbocycles. The van der Waals surface area contributed by atoms with Gasteiger partial charge in [0.1, 0.15) is 5.75 Å². The van der Waals surface area contributed by atoms with Gasteiger partial charge in [0, 0.05) is 4.88 Å². The number of rotatable bonds is 3. The standard InChI is InChI=1S/C12H9Cl3OS/c1-16-9-3-2-7(6-8(9)13)12(15)10-4-5-11(14)17-10/h2-6,12H,1H3. The minimum Gasteiger partial charge on any atom is -0.495 e. The Morgan fingerprint density at radius 2 is 1.94 bits per heavy atom. The number of benzene rings is 1. The molecule has 1 heterocycles. The van der Waals surface area contributed by atoms with Crippen LogP contribution in [-0.4, -0.2) is 7.11 Å². The topological polar surface area (TPSA) is 9.23 Å². The van der Waals surface area contributed by atoms with Gasteiger partial charge in [-0.1, -0.05) is 29.3 Å². The van der Waals surface area contributed by atoms with Gasteiger partial charge in [0.2, 0.25) is 0 Å². The first-order valence-corrected chi connectivity index (χ1v) is 6.85. The van der Waals surface area contributed by atoms with Gasteiger partial charge in [-0.3, -0.25) is 0 Å². The minimum atomic E-state index is -0.240. The molecule has 17 heavy (non-hydrogen) atoms. The van der Waals surface area contributed by atoms with Crippen molar-refractivity contribution in [2.24, 2.45) is 0 Å². The Hall–Kier alpha value is -0.410. The van der Waals surface area contributed by atoms with Gasteiger partial charge < -0.3 is 4.74 Å². The number of ether oxygens (including phenoxy) is 1. The molecule has 0 fully saturated rings. The van der Waals surface area contributed by atoms with E-state index in [1.165, 1.54) is 11.3 Å². The zero-order chi connectivity index (χ0) is 12.4. The molecule has 1 unspecified atom stereocenters. The highest BCUT2D eigenvalue weighted by atomic mass is 35.5. The Labute approximate surface area is 119 Å². The van der Waals surface area contributed by atoms with Crippen LogP contribution in [0.2, 0.25) is 9.36 Å². The summed E-state index contributed by atoms with van der Waals surface area (Å²) < 4.78 is 5.82. The third-order valence-corrected chi connectivity index (χ3v) is 4.52. The maximum atomic E-state index is 6.36. The maximum Gasteiger partial charge on any atom is 0.137 e. The molecule has 5 heteroatoms. The predicted molar refractivity (Wildman–Crippen MR) is 75.0 cm³/mol. The van der Waals surface area contributed by atoms with Crippen molar-refractivity contribution < 1.29 is 4.74 Å². The quantitative estimate of drug-likeness (QED) is 0.691. The fourth-order valence-electron chi connectivity index (χ4n) is 1.47. The number of halogens is 3. The molecule has 0 bridgehead atoms. The second kappa shape index (κ2) is 5.49. The molecule has 0 saturated heterocycles. The van der Waals surface area contributed by atoms with Gasteiger partial charge in [0.15, 0.2) is 0 Å². The average molecular weight is 308 g/mol. The zero-order valence-corrected chi connectivity index (χ0v) is 12.0. The molecular formula is C12H9Cl3OS. The summed E-state index contributed by atoms with van der Waals surface area (Å²) in [5.41, 5.74) is 0.927. The summed E-state index contributed by atoms with van der Waals surface area (Å²) in [4.78, 5) is 0.998. The Kier molecular flexibility index (Phi) is 4.21. The van der Waals surface area contributed by atoms with Crippen LogP contribution in [0, 0.1) is 0 Å². The lowest BCUT2D eigenvalue weighted by atomic mass is 10.1. The first kappa shape index (κ1) is 13.0. The Bertz CT molecular complexity index is 524. The third-order valence-electron chi connectivity index (χ3n) is 2.31. The number of hydrogen-bond acceptors (Lipinski definition) is 2. The number of alkyl halides is 1. The molecule has 0 amide bonds. The highest BCUT2D eigenvalue weighted by Crippen LogP contribution is 2.37. The Morgan fingerprint density at radius 3 is 2.47 bits per heavy atom. The first-order valence-electron chi connectivity index (χ1n) is 4.84. The molecule has 1 aromatic heterocycles. The predicted octanol–water partition coefficient (Wildman–Crippen LogP) is 5.39. The summed E-state index contributed by atoms with van der Waals surface area (Å²) in [5.74, 6) is 0.642. The van der Waals surface area contributed by atoms with Crippen molar-refractivity contribution in [2.75, 3.05) is 7.11 Å². The molecule has 1 atom stereocenters. The van der Waals surface area contributed by atoms with Gasteiger partial charge in [-0.05, 0) is 29.8 Å². The van der Waals surface area contributed by atoms with E-state index in [1.54, 1.807) is 7.11 Å². The van der Waals surface area contributed by atoms with E-state index < -0.39 is 0 Å². The van der Waals surface area contributed by atoms with Crippen LogP contribution in [0.1, 0.15) is 15.8 Å². The molecule has 90 valence electrons. The highest BCUT2D eigenvalue weighted by Gasteiger charge is 2.14. The molecule has 0 N–H and O–H groups in total. The molecule has 0 aliphatic rings. The summed E-state index contributed by atoms with van der Waals surface area (Å²) in [5, 5.41) is 0.314. The molecule has 0 radical (unpaired) electrons. The molecule has 0 saturated carbocycles. The smallest absolute Gasteiger partial charge is 0.137 e. The lowest BCUT2D eigenvalue weighted by molar-refractivity contribution is 0.415.